The molecule has 1 rings (SSSR count). The molecule has 0 spiro atoms. The van der Waals surface area contributed by atoms with Gasteiger partial charge < -0.3 is 5.32 Å². The van der Waals surface area contributed by atoms with E-state index in [1.165, 1.54) is 19.4 Å². The molecular formula is C14H30N2. The summed E-state index contributed by atoms with van der Waals surface area (Å²) >= 11 is 0. The second kappa shape index (κ2) is 6.02. The largest absolute Gasteiger partial charge is 0.315 e. The van der Waals surface area contributed by atoms with Gasteiger partial charge in [-0.2, -0.15) is 0 Å². The molecule has 0 aromatic carbocycles. The molecule has 1 fully saturated rings. The molecule has 0 aromatic rings. The lowest BCUT2D eigenvalue weighted by Gasteiger charge is -2.47. The Hall–Kier alpha value is -0.0800. The highest BCUT2D eigenvalue weighted by molar-refractivity contribution is 4.94. The first-order valence-corrected chi connectivity index (χ1v) is 6.94. The van der Waals surface area contributed by atoms with Crippen molar-refractivity contribution in [2.75, 3.05) is 13.6 Å². The van der Waals surface area contributed by atoms with E-state index < -0.39 is 0 Å². The molecule has 16 heavy (non-hydrogen) atoms. The second-order valence-electron chi connectivity index (χ2n) is 5.86. The van der Waals surface area contributed by atoms with Crippen LogP contribution in [0, 0.1) is 11.8 Å². The van der Waals surface area contributed by atoms with Crippen LogP contribution < -0.4 is 5.32 Å². The van der Waals surface area contributed by atoms with Gasteiger partial charge >= 0.3 is 0 Å². The van der Waals surface area contributed by atoms with Gasteiger partial charge in [0.2, 0.25) is 0 Å². The first-order valence-electron chi connectivity index (χ1n) is 6.94. The molecule has 4 atom stereocenters. The van der Waals surface area contributed by atoms with Crippen molar-refractivity contribution in [3.63, 3.8) is 0 Å². The van der Waals surface area contributed by atoms with Crippen LogP contribution in [-0.2, 0) is 0 Å². The molecule has 0 radical (unpaired) electrons. The Morgan fingerprint density at radius 2 is 1.88 bits per heavy atom. The van der Waals surface area contributed by atoms with Gasteiger partial charge in [0.05, 0.1) is 0 Å². The number of nitrogens with one attached hydrogen (secondary N) is 1. The van der Waals surface area contributed by atoms with Crippen molar-refractivity contribution >= 4 is 0 Å². The Kier molecular flexibility index (Phi) is 5.26. The normalized spacial score (nSPS) is 36.0. The molecule has 4 unspecified atom stereocenters. The van der Waals surface area contributed by atoms with E-state index in [2.05, 4.69) is 51.9 Å². The Morgan fingerprint density at radius 1 is 1.25 bits per heavy atom. The molecule has 1 N–H and O–H groups in total. The predicted octanol–water partition coefficient (Wildman–Crippen LogP) is 2.74. The van der Waals surface area contributed by atoms with Crippen LogP contribution in [0.3, 0.4) is 0 Å². The number of nitrogens with zero attached hydrogens (tertiary/aromatic N) is 1. The van der Waals surface area contributed by atoms with Crippen LogP contribution in [0.25, 0.3) is 0 Å². The first kappa shape index (κ1) is 14.0. The van der Waals surface area contributed by atoms with Crippen LogP contribution in [0.1, 0.15) is 47.5 Å². The van der Waals surface area contributed by atoms with Crippen molar-refractivity contribution in [1.29, 1.82) is 0 Å². The summed E-state index contributed by atoms with van der Waals surface area (Å²) in [6.45, 7) is 12.9. The molecule has 0 bridgehead atoms. The van der Waals surface area contributed by atoms with Gasteiger partial charge in [0.1, 0.15) is 0 Å². The molecule has 0 heterocycles. The molecule has 0 aromatic heterocycles. The average molecular weight is 226 g/mol. The molecule has 0 saturated heterocycles. The second-order valence-corrected chi connectivity index (χ2v) is 5.86. The number of hydrogen-bond donors (Lipinski definition) is 1. The summed E-state index contributed by atoms with van der Waals surface area (Å²) in [6.07, 6.45) is 2.71. The van der Waals surface area contributed by atoms with Gasteiger partial charge in [-0.25, -0.2) is 0 Å². The monoisotopic (exact) mass is 226 g/mol. The highest BCUT2D eigenvalue weighted by Crippen LogP contribution is 2.33. The topological polar surface area (TPSA) is 15.3 Å². The summed E-state index contributed by atoms with van der Waals surface area (Å²) in [5.74, 6) is 1.68. The zero-order valence-corrected chi connectivity index (χ0v) is 12.0. The van der Waals surface area contributed by atoms with E-state index in [9.17, 15) is 0 Å². The van der Waals surface area contributed by atoms with Gasteiger partial charge in [-0.05, 0) is 52.1 Å². The number of hydrogen-bond acceptors (Lipinski definition) is 2. The molecular weight excluding hydrogens is 196 g/mol. The highest BCUT2D eigenvalue weighted by Gasteiger charge is 2.37. The van der Waals surface area contributed by atoms with Crippen LogP contribution in [0.2, 0.25) is 0 Å². The Morgan fingerprint density at radius 3 is 2.31 bits per heavy atom. The number of rotatable bonds is 4. The summed E-state index contributed by atoms with van der Waals surface area (Å²) in [7, 11) is 2.12. The molecule has 1 aliphatic rings. The van der Waals surface area contributed by atoms with Crippen molar-refractivity contribution in [3.8, 4) is 0 Å². The van der Waals surface area contributed by atoms with Crippen LogP contribution >= 0.6 is 0 Å². The molecule has 1 aliphatic carbocycles. The average Bonchev–Trinajstić information content (AvgIpc) is 2.21. The summed E-state index contributed by atoms with van der Waals surface area (Å²) in [6, 6.07) is 2.04. The fraction of sp³-hybridized carbons (Fsp3) is 1.00. The first-order chi connectivity index (χ1) is 7.51. The van der Waals surface area contributed by atoms with Gasteiger partial charge in [0.15, 0.2) is 0 Å². The SMILES string of the molecule is CCN(C(C)C)C1C(C)CC(C)CC1NC. The zero-order valence-electron chi connectivity index (χ0n) is 12.0. The smallest absolute Gasteiger partial charge is 0.0277 e. The molecule has 2 nitrogen and oxygen atoms in total. The van der Waals surface area contributed by atoms with Crippen molar-refractivity contribution < 1.29 is 0 Å². The van der Waals surface area contributed by atoms with E-state index in [4.69, 9.17) is 0 Å². The van der Waals surface area contributed by atoms with Crippen LogP contribution in [0.4, 0.5) is 0 Å². The zero-order chi connectivity index (χ0) is 12.3. The third-order valence-electron chi connectivity index (χ3n) is 4.21. The molecule has 1 saturated carbocycles. The lowest BCUT2D eigenvalue weighted by molar-refractivity contribution is 0.0463. The third-order valence-corrected chi connectivity index (χ3v) is 4.21. The van der Waals surface area contributed by atoms with E-state index >= 15 is 0 Å². The summed E-state index contributed by atoms with van der Waals surface area (Å²) < 4.78 is 0. The molecule has 0 amide bonds. The van der Waals surface area contributed by atoms with Crippen LogP contribution in [0.5, 0.6) is 0 Å². The van der Waals surface area contributed by atoms with E-state index in [1.807, 2.05) is 0 Å². The molecule has 2 heteroatoms. The van der Waals surface area contributed by atoms with Gasteiger partial charge in [-0.1, -0.05) is 20.8 Å². The molecule has 96 valence electrons. The minimum atomic E-state index is 0.654. The van der Waals surface area contributed by atoms with E-state index in [0.717, 1.165) is 11.8 Å². The maximum Gasteiger partial charge on any atom is 0.0277 e. The quantitative estimate of drug-likeness (QED) is 0.793. The van der Waals surface area contributed by atoms with Gasteiger partial charge in [-0.3, -0.25) is 4.90 Å². The minimum Gasteiger partial charge on any atom is -0.315 e. The predicted molar refractivity (Wildman–Crippen MR) is 71.7 cm³/mol. The molecule has 0 aliphatic heterocycles. The van der Waals surface area contributed by atoms with Gasteiger partial charge in [-0.15, -0.1) is 0 Å². The van der Waals surface area contributed by atoms with Gasteiger partial charge in [0.25, 0.3) is 0 Å². The standard InChI is InChI=1S/C14H30N2/c1-7-16(10(2)3)14-12(5)8-11(4)9-13(14)15-6/h10-15H,7-9H2,1-6H3. The van der Waals surface area contributed by atoms with Crippen molar-refractivity contribution in [3.05, 3.63) is 0 Å². The van der Waals surface area contributed by atoms with Crippen molar-refractivity contribution in [1.82, 2.24) is 10.2 Å². The Labute approximate surface area is 102 Å². The van der Waals surface area contributed by atoms with E-state index in [1.54, 1.807) is 0 Å². The van der Waals surface area contributed by atoms with Crippen LogP contribution in [0.15, 0.2) is 0 Å². The summed E-state index contributed by atoms with van der Waals surface area (Å²) in [4.78, 5) is 2.66. The lowest BCUT2D eigenvalue weighted by Crippen LogP contribution is -2.57. The fourth-order valence-electron chi connectivity index (χ4n) is 3.61. The summed E-state index contributed by atoms with van der Waals surface area (Å²) in [5.41, 5.74) is 0. The maximum absolute atomic E-state index is 3.54. The lowest BCUT2D eigenvalue weighted by atomic mass is 9.75. The Bertz CT molecular complexity index is 203. The Balaban J connectivity index is 2.80. The third kappa shape index (κ3) is 2.98. The number of likely N-dealkylation sites (N-methyl/N-ethyl adjacent to an activating group) is 2. The van der Waals surface area contributed by atoms with Gasteiger partial charge in [0, 0.05) is 18.1 Å². The van der Waals surface area contributed by atoms with E-state index in [0.29, 0.717) is 18.1 Å². The minimum absolute atomic E-state index is 0.654. The summed E-state index contributed by atoms with van der Waals surface area (Å²) in [5, 5.41) is 3.54. The van der Waals surface area contributed by atoms with E-state index in [-0.39, 0.29) is 0 Å². The van der Waals surface area contributed by atoms with Crippen molar-refractivity contribution in [2.24, 2.45) is 11.8 Å². The van der Waals surface area contributed by atoms with Crippen molar-refractivity contribution in [2.45, 2.75) is 65.6 Å². The maximum atomic E-state index is 3.54. The van der Waals surface area contributed by atoms with Crippen LogP contribution in [-0.4, -0.2) is 36.6 Å². The fourth-order valence-corrected chi connectivity index (χ4v) is 3.61. The highest BCUT2D eigenvalue weighted by atomic mass is 15.2.